The van der Waals surface area contributed by atoms with Crippen LogP contribution >= 0.6 is 0 Å². The molecule has 0 spiro atoms. The highest BCUT2D eigenvalue weighted by Gasteiger charge is 2.33. The molecule has 0 aliphatic carbocycles. The second-order valence-electron chi connectivity index (χ2n) is 4.72. The molecule has 1 aliphatic heterocycles. The zero-order chi connectivity index (χ0) is 11.5. The highest BCUT2D eigenvalue weighted by molar-refractivity contribution is 5.75. The standard InChI is InChI=1S/C11H22N2O2/c1-4-15-10(14)9(12)8-13-7-5-6-11(13,2)3/h9H,4-8,12H2,1-3H3. The van der Waals surface area contributed by atoms with E-state index in [0.717, 1.165) is 6.54 Å². The lowest BCUT2D eigenvalue weighted by atomic mass is 10.0. The number of carbonyl (C=O) groups is 1. The van der Waals surface area contributed by atoms with Gasteiger partial charge in [0.15, 0.2) is 0 Å². The lowest BCUT2D eigenvalue weighted by molar-refractivity contribution is -0.145. The van der Waals surface area contributed by atoms with Gasteiger partial charge in [0.1, 0.15) is 6.04 Å². The molecule has 1 atom stereocenters. The van der Waals surface area contributed by atoms with E-state index in [1.54, 1.807) is 6.92 Å². The molecule has 0 bridgehead atoms. The van der Waals surface area contributed by atoms with Crippen molar-refractivity contribution in [3.63, 3.8) is 0 Å². The maximum atomic E-state index is 11.4. The van der Waals surface area contributed by atoms with E-state index < -0.39 is 6.04 Å². The number of nitrogens with two attached hydrogens (primary N) is 1. The van der Waals surface area contributed by atoms with Gasteiger partial charge in [-0.15, -0.1) is 0 Å². The molecule has 0 aromatic rings. The predicted molar refractivity (Wildman–Crippen MR) is 59.5 cm³/mol. The van der Waals surface area contributed by atoms with Gasteiger partial charge in [-0.1, -0.05) is 0 Å². The number of ether oxygens (including phenoxy) is 1. The van der Waals surface area contributed by atoms with Crippen LogP contribution in [-0.2, 0) is 9.53 Å². The number of esters is 1. The molecule has 15 heavy (non-hydrogen) atoms. The molecule has 0 aromatic heterocycles. The van der Waals surface area contributed by atoms with Gasteiger partial charge in [-0.3, -0.25) is 9.69 Å². The Morgan fingerprint density at radius 3 is 2.73 bits per heavy atom. The summed E-state index contributed by atoms with van der Waals surface area (Å²) < 4.78 is 4.89. The number of nitrogens with zero attached hydrogens (tertiary/aromatic N) is 1. The van der Waals surface area contributed by atoms with E-state index in [9.17, 15) is 4.79 Å². The second kappa shape index (κ2) is 4.94. The summed E-state index contributed by atoms with van der Waals surface area (Å²) in [4.78, 5) is 13.6. The minimum absolute atomic E-state index is 0.171. The van der Waals surface area contributed by atoms with Crippen LogP contribution in [0.5, 0.6) is 0 Å². The third-order valence-corrected chi connectivity index (χ3v) is 3.08. The highest BCUT2D eigenvalue weighted by atomic mass is 16.5. The molecular weight excluding hydrogens is 192 g/mol. The Hall–Kier alpha value is -0.610. The van der Waals surface area contributed by atoms with Gasteiger partial charge in [-0.05, 0) is 40.2 Å². The topological polar surface area (TPSA) is 55.6 Å². The van der Waals surface area contributed by atoms with Crippen LogP contribution in [-0.4, -0.2) is 42.1 Å². The molecular formula is C11H22N2O2. The second-order valence-corrected chi connectivity index (χ2v) is 4.72. The molecule has 1 rings (SSSR count). The third-order valence-electron chi connectivity index (χ3n) is 3.08. The molecule has 1 aliphatic rings. The Balaban J connectivity index is 2.44. The van der Waals surface area contributed by atoms with E-state index in [4.69, 9.17) is 10.5 Å². The van der Waals surface area contributed by atoms with Crippen molar-refractivity contribution in [2.75, 3.05) is 19.7 Å². The van der Waals surface area contributed by atoms with Gasteiger partial charge in [0.25, 0.3) is 0 Å². The molecule has 4 nitrogen and oxygen atoms in total. The van der Waals surface area contributed by atoms with Crippen LogP contribution in [0, 0.1) is 0 Å². The van der Waals surface area contributed by atoms with Gasteiger partial charge < -0.3 is 10.5 Å². The quantitative estimate of drug-likeness (QED) is 0.702. The van der Waals surface area contributed by atoms with Gasteiger partial charge in [-0.25, -0.2) is 0 Å². The van der Waals surface area contributed by atoms with E-state index in [1.807, 2.05) is 0 Å². The van der Waals surface area contributed by atoms with Crippen LogP contribution in [0.3, 0.4) is 0 Å². The molecule has 1 heterocycles. The average Bonchev–Trinajstić information content (AvgIpc) is 2.46. The Morgan fingerprint density at radius 1 is 1.60 bits per heavy atom. The van der Waals surface area contributed by atoms with Crippen molar-refractivity contribution in [3.8, 4) is 0 Å². The van der Waals surface area contributed by atoms with Gasteiger partial charge in [0.05, 0.1) is 6.61 Å². The van der Waals surface area contributed by atoms with E-state index in [-0.39, 0.29) is 11.5 Å². The smallest absolute Gasteiger partial charge is 0.324 e. The van der Waals surface area contributed by atoms with Crippen molar-refractivity contribution in [3.05, 3.63) is 0 Å². The molecule has 0 aromatic carbocycles. The fourth-order valence-corrected chi connectivity index (χ4v) is 2.06. The molecule has 88 valence electrons. The van der Waals surface area contributed by atoms with Crippen molar-refractivity contribution in [2.45, 2.75) is 45.2 Å². The Kier molecular flexibility index (Phi) is 4.11. The minimum atomic E-state index is -0.512. The fraction of sp³-hybridized carbons (Fsp3) is 0.909. The number of hydrogen-bond donors (Lipinski definition) is 1. The highest BCUT2D eigenvalue weighted by Crippen LogP contribution is 2.27. The number of carbonyl (C=O) groups excluding carboxylic acids is 1. The van der Waals surface area contributed by atoms with Crippen LogP contribution < -0.4 is 5.73 Å². The number of rotatable bonds is 4. The van der Waals surface area contributed by atoms with Crippen LogP contribution in [0.4, 0.5) is 0 Å². The van der Waals surface area contributed by atoms with E-state index in [0.29, 0.717) is 13.2 Å². The average molecular weight is 214 g/mol. The maximum Gasteiger partial charge on any atom is 0.324 e. The summed E-state index contributed by atoms with van der Waals surface area (Å²) in [5.74, 6) is -0.291. The first-order chi connectivity index (χ1) is 6.97. The summed E-state index contributed by atoms with van der Waals surface area (Å²) in [5.41, 5.74) is 5.96. The van der Waals surface area contributed by atoms with Gasteiger partial charge in [0.2, 0.25) is 0 Å². The summed E-state index contributed by atoms with van der Waals surface area (Å²) in [6.45, 7) is 8.21. The predicted octanol–water partition coefficient (Wildman–Crippen LogP) is 0.751. The normalized spacial score (nSPS) is 22.7. The van der Waals surface area contributed by atoms with Gasteiger partial charge in [-0.2, -0.15) is 0 Å². The van der Waals surface area contributed by atoms with Gasteiger partial charge in [0, 0.05) is 12.1 Å². The van der Waals surface area contributed by atoms with E-state index in [1.165, 1.54) is 12.8 Å². The summed E-state index contributed by atoms with van der Waals surface area (Å²) in [5, 5.41) is 0. The first-order valence-corrected chi connectivity index (χ1v) is 5.64. The van der Waals surface area contributed by atoms with Crippen LogP contribution in [0.25, 0.3) is 0 Å². The summed E-state index contributed by atoms with van der Waals surface area (Å²) in [7, 11) is 0. The summed E-state index contributed by atoms with van der Waals surface area (Å²) in [6.07, 6.45) is 2.35. The van der Waals surface area contributed by atoms with Crippen molar-refractivity contribution in [1.82, 2.24) is 4.90 Å². The molecule has 0 saturated carbocycles. The zero-order valence-corrected chi connectivity index (χ0v) is 9.95. The van der Waals surface area contributed by atoms with E-state index in [2.05, 4.69) is 18.7 Å². The van der Waals surface area contributed by atoms with Crippen LogP contribution in [0.15, 0.2) is 0 Å². The summed E-state index contributed by atoms with van der Waals surface area (Å²) >= 11 is 0. The third kappa shape index (κ3) is 3.18. The first-order valence-electron chi connectivity index (χ1n) is 5.64. The van der Waals surface area contributed by atoms with Crippen molar-refractivity contribution in [2.24, 2.45) is 5.73 Å². The monoisotopic (exact) mass is 214 g/mol. The van der Waals surface area contributed by atoms with Gasteiger partial charge >= 0.3 is 5.97 Å². The van der Waals surface area contributed by atoms with Crippen molar-refractivity contribution >= 4 is 5.97 Å². The number of likely N-dealkylation sites (tertiary alicyclic amines) is 1. The van der Waals surface area contributed by atoms with Crippen molar-refractivity contribution in [1.29, 1.82) is 0 Å². The Morgan fingerprint density at radius 2 is 2.27 bits per heavy atom. The first kappa shape index (κ1) is 12.5. The molecule has 0 amide bonds. The van der Waals surface area contributed by atoms with Crippen LogP contribution in [0.2, 0.25) is 0 Å². The molecule has 4 heteroatoms. The van der Waals surface area contributed by atoms with Crippen molar-refractivity contribution < 1.29 is 9.53 Å². The SMILES string of the molecule is CCOC(=O)C(N)CN1CCCC1(C)C. The fourth-order valence-electron chi connectivity index (χ4n) is 2.06. The number of hydrogen-bond acceptors (Lipinski definition) is 4. The minimum Gasteiger partial charge on any atom is -0.465 e. The maximum absolute atomic E-state index is 11.4. The van der Waals surface area contributed by atoms with Crippen LogP contribution in [0.1, 0.15) is 33.6 Å². The lowest BCUT2D eigenvalue weighted by Gasteiger charge is -2.32. The molecule has 1 saturated heterocycles. The lowest BCUT2D eigenvalue weighted by Crippen LogP contribution is -2.48. The summed E-state index contributed by atoms with van der Waals surface area (Å²) in [6, 6.07) is -0.512. The molecule has 2 N–H and O–H groups in total. The largest absolute Gasteiger partial charge is 0.465 e. The molecule has 1 unspecified atom stereocenters. The Bertz CT molecular complexity index is 229. The molecule has 0 radical (unpaired) electrons. The Labute approximate surface area is 91.8 Å². The van der Waals surface area contributed by atoms with E-state index >= 15 is 0 Å². The zero-order valence-electron chi connectivity index (χ0n) is 9.95. The molecule has 1 fully saturated rings.